The smallest absolute Gasteiger partial charge is 0.128 e. The summed E-state index contributed by atoms with van der Waals surface area (Å²) in [6.45, 7) is 1.97. The summed E-state index contributed by atoms with van der Waals surface area (Å²) in [7, 11) is 0. The summed E-state index contributed by atoms with van der Waals surface area (Å²) in [6.07, 6.45) is 3.55. The van der Waals surface area contributed by atoms with Gasteiger partial charge in [-0.25, -0.2) is 9.50 Å². The van der Waals surface area contributed by atoms with Gasteiger partial charge in [-0.1, -0.05) is 30.3 Å². The van der Waals surface area contributed by atoms with Gasteiger partial charge in [0.2, 0.25) is 0 Å². The summed E-state index contributed by atoms with van der Waals surface area (Å²) in [4.78, 5) is 8.73. The predicted molar refractivity (Wildman–Crippen MR) is 86.4 cm³/mol. The first kappa shape index (κ1) is 12.7. The minimum atomic E-state index is 0.879. The summed E-state index contributed by atoms with van der Waals surface area (Å²) >= 11 is 0. The molecule has 4 nitrogen and oxygen atoms in total. The second kappa shape index (κ2) is 5.07. The minimum absolute atomic E-state index is 0.879. The van der Waals surface area contributed by atoms with Crippen LogP contribution in [0.5, 0.6) is 0 Å². The molecule has 0 fully saturated rings. The number of nitrogens with zero attached hydrogens (tertiary/aromatic N) is 4. The van der Waals surface area contributed by atoms with E-state index in [-0.39, 0.29) is 0 Å². The zero-order chi connectivity index (χ0) is 14.9. The number of pyridine rings is 1. The summed E-state index contributed by atoms with van der Waals surface area (Å²) in [5, 5.41) is 4.72. The van der Waals surface area contributed by atoms with Crippen LogP contribution in [-0.2, 0) is 0 Å². The summed E-state index contributed by atoms with van der Waals surface area (Å²) in [5.41, 5.74) is 5.04. The lowest BCUT2D eigenvalue weighted by Gasteiger charge is -2.03. The maximum atomic E-state index is 4.72. The lowest BCUT2D eigenvalue weighted by atomic mass is 10.1. The lowest BCUT2D eigenvalue weighted by Crippen LogP contribution is -1.96. The molecule has 3 heterocycles. The SMILES string of the molecule is Cc1nc(-c2ccccc2)c2ccc(-c3ccncc3)nn12. The van der Waals surface area contributed by atoms with Crippen LogP contribution in [-0.4, -0.2) is 19.6 Å². The molecule has 0 amide bonds. The largest absolute Gasteiger partial charge is 0.265 e. The average Bonchev–Trinajstić information content (AvgIpc) is 2.93. The Morgan fingerprint density at radius 2 is 1.59 bits per heavy atom. The van der Waals surface area contributed by atoms with Crippen LogP contribution in [0.1, 0.15) is 5.82 Å². The Hall–Kier alpha value is -3.01. The number of fused-ring (bicyclic) bond motifs is 1. The van der Waals surface area contributed by atoms with E-state index in [1.807, 2.05) is 47.8 Å². The van der Waals surface area contributed by atoms with Crippen molar-refractivity contribution < 1.29 is 0 Å². The molecule has 0 aliphatic heterocycles. The Morgan fingerprint density at radius 1 is 0.818 bits per heavy atom. The fraction of sp³-hybridized carbons (Fsp3) is 0.0556. The summed E-state index contributed by atoms with van der Waals surface area (Å²) in [5.74, 6) is 0.879. The third kappa shape index (κ3) is 2.05. The van der Waals surface area contributed by atoms with Crippen LogP contribution in [0.25, 0.3) is 28.0 Å². The molecule has 4 rings (SSSR count). The van der Waals surface area contributed by atoms with E-state index in [1.165, 1.54) is 0 Å². The average molecular weight is 286 g/mol. The molecule has 0 atom stereocenters. The molecule has 4 heteroatoms. The van der Waals surface area contributed by atoms with Gasteiger partial charge in [0.05, 0.1) is 16.9 Å². The first-order chi connectivity index (χ1) is 10.8. The van der Waals surface area contributed by atoms with Gasteiger partial charge in [0.25, 0.3) is 0 Å². The van der Waals surface area contributed by atoms with E-state index in [4.69, 9.17) is 5.10 Å². The molecule has 0 bridgehead atoms. The van der Waals surface area contributed by atoms with E-state index in [1.54, 1.807) is 12.4 Å². The van der Waals surface area contributed by atoms with Gasteiger partial charge in [0.1, 0.15) is 5.82 Å². The molecule has 0 unspecified atom stereocenters. The highest BCUT2D eigenvalue weighted by molar-refractivity contribution is 5.78. The van der Waals surface area contributed by atoms with Crippen molar-refractivity contribution >= 4 is 5.52 Å². The molecule has 4 aromatic rings. The second-order valence-electron chi connectivity index (χ2n) is 5.13. The van der Waals surface area contributed by atoms with Gasteiger partial charge >= 0.3 is 0 Å². The number of imidazole rings is 1. The first-order valence-corrected chi connectivity index (χ1v) is 7.15. The molecule has 0 aliphatic rings. The Labute approximate surface area is 128 Å². The molecule has 0 radical (unpaired) electrons. The van der Waals surface area contributed by atoms with Gasteiger partial charge < -0.3 is 0 Å². The zero-order valence-electron chi connectivity index (χ0n) is 12.1. The first-order valence-electron chi connectivity index (χ1n) is 7.15. The standard InChI is InChI=1S/C18H14N4/c1-13-20-18(15-5-3-2-4-6-15)17-8-7-16(21-22(13)17)14-9-11-19-12-10-14/h2-12H,1H3. The van der Waals surface area contributed by atoms with Gasteiger partial charge in [0.15, 0.2) is 0 Å². The highest BCUT2D eigenvalue weighted by Gasteiger charge is 2.12. The van der Waals surface area contributed by atoms with E-state index < -0.39 is 0 Å². The fourth-order valence-corrected chi connectivity index (χ4v) is 2.60. The van der Waals surface area contributed by atoms with Crippen molar-refractivity contribution in [2.45, 2.75) is 6.92 Å². The van der Waals surface area contributed by atoms with Crippen LogP contribution >= 0.6 is 0 Å². The minimum Gasteiger partial charge on any atom is -0.265 e. The number of hydrogen-bond donors (Lipinski definition) is 0. The number of rotatable bonds is 2. The van der Waals surface area contributed by atoms with Crippen LogP contribution in [0.4, 0.5) is 0 Å². The van der Waals surface area contributed by atoms with Crippen molar-refractivity contribution in [1.29, 1.82) is 0 Å². The van der Waals surface area contributed by atoms with Crippen molar-refractivity contribution in [2.75, 3.05) is 0 Å². The molecule has 22 heavy (non-hydrogen) atoms. The third-order valence-corrected chi connectivity index (χ3v) is 3.68. The van der Waals surface area contributed by atoms with E-state index >= 15 is 0 Å². The highest BCUT2D eigenvalue weighted by Crippen LogP contribution is 2.25. The molecule has 0 aliphatic carbocycles. The van der Waals surface area contributed by atoms with Crippen molar-refractivity contribution in [3.05, 3.63) is 72.8 Å². The normalized spacial score (nSPS) is 11.0. The monoisotopic (exact) mass is 286 g/mol. The lowest BCUT2D eigenvalue weighted by molar-refractivity contribution is 0.882. The van der Waals surface area contributed by atoms with Crippen LogP contribution in [0.15, 0.2) is 67.0 Å². The van der Waals surface area contributed by atoms with Crippen molar-refractivity contribution in [2.24, 2.45) is 0 Å². The molecule has 0 N–H and O–H groups in total. The van der Waals surface area contributed by atoms with Crippen molar-refractivity contribution in [3.8, 4) is 22.5 Å². The highest BCUT2D eigenvalue weighted by atomic mass is 15.3. The van der Waals surface area contributed by atoms with E-state index in [2.05, 4.69) is 28.2 Å². The zero-order valence-corrected chi connectivity index (χ0v) is 12.1. The molecule has 1 aromatic carbocycles. The second-order valence-corrected chi connectivity index (χ2v) is 5.13. The maximum absolute atomic E-state index is 4.72. The van der Waals surface area contributed by atoms with Crippen LogP contribution in [0.2, 0.25) is 0 Å². The predicted octanol–water partition coefficient (Wildman–Crippen LogP) is 3.77. The Balaban J connectivity index is 1.91. The topological polar surface area (TPSA) is 43.1 Å². The molecule has 106 valence electrons. The number of aryl methyl sites for hydroxylation is 1. The number of aromatic nitrogens is 4. The van der Waals surface area contributed by atoms with Gasteiger partial charge in [0, 0.05) is 23.5 Å². The van der Waals surface area contributed by atoms with E-state index in [0.717, 1.165) is 33.9 Å². The van der Waals surface area contributed by atoms with E-state index in [0.29, 0.717) is 0 Å². The molecular formula is C18H14N4. The quantitative estimate of drug-likeness (QED) is 0.563. The number of hydrogen-bond acceptors (Lipinski definition) is 3. The third-order valence-electron chi connectivity index (χ3n) is 3.68. The summed E-state index contributed by atoms with van der Waals surface area (Å²) < 4.78 is 1.90. The fourth-order valence-electron chi connectivity index (χ4n) is 2.60. The van der Waals surface area contributed by atoms with Crippen LogP contribution < -0.4 is 0 Å². The van der Waals surface area contributed by atoms with Crippen LogP contribution in [0, 0.1) is 6.92 Å². The molecular weight excluding hydrogens is 272 g/mol. The van der Waals surface area contributed by atoms with Gasteiger partial charge in [-0.3, -0.25) is 4.98 Å². The Morgan fingerprint density at radius 3 is 2.36 bits per heavy atom. The van der Waals surface area contributed by atoms with Crippen LogP contribution in [0.3, 0.4) is 0 Å². The van der Waals surface area contributed by atoms with Crippen molar-refractivity contribution in [1.82, 2.24) is 19.6 Å². The Kier molecular flexibility index (Phi) is 2.93. The molecule has 0 spiro atoms. The molecule has 3 aromatic heterocycles. The van der Waals surface area contributed by atoms with E-state index in [9.17, 15) is 0 Å². The number of benzene rings is 1. The van der Waals surface area contributed by atoms with Gasteiger partial charge in [-0.05, 0) is 31.2 Å². The molecule has 0 saturated carbocycles. The Bertz CT molecular complexity index is 927. The van der Waals surface area contributed by atoms with Crippen molar-refractivity contribution in [3.63, 3.8) is 0 Å². The van der Waals surface area contributed by atoms with Gasteiger partial charge in [-0.15, -0.1) is 0 Å². The maximum Gasteiger partial charge on any atom is 0.128 e. The van der Waals surface area contributed by atoms with Gasteiger partial charge in [-0.2, -0.15) is 5.10 Å². The summed E-state index contributed by atoms with van der Waals surface area (Å²) in [6, 6.07) is 18.2. The molecule has 0 saturated heterocycles.